The molecule has 0 amide bonds. The minimum Gasteiger partial charge on any atom is -0.455 e. The third kappa shape index (κ3) is 4.40. The van der Waals surface area contributed by atoms with Crippen LogP contribution in [0.3, 0.4) is 0 Å². The fraction of sp³-hybridized carbons (Fsp3) is 0. The summed E-state index contributed by atoms with van der Waals surface area (Å²) < 4.78 is 109. The Kier molecular flexibility index (Phi) is 4.11. The highest BCUT2D eigenvalue weighted by Crippen LogP contribution is 2.47. The van der Waals surface area contributed by atoms with Gasteiger partial charge in [0.05, 0.1) is 16.4 Å². The summed E-state index contributed by atoms with van der Waals surface area (Å²) in [7, 11) is 0. The number of hydrogen-bond acceptors (Lipinski definition) is 1. The van der Waals surface area contributed by atoms with Gasteiger partial charge in [0, 0.05) is 27.5 Å². The van der Waals surface area contributed by atoms with E-state index < -0.39 is 42.3 Å². The Morgan fingerprint density at radius 1 is 0.347 bits per heavy atom. The SMILES string of the molecule is [2H]c1c([2H])c([2H])c(-c2cccc3c2oc2c(-c4c5ccccc5c(-c5ccc(-c6c([2H])c([2H])c7c([2H])c([2H])c([2H])c([2H])c7c6[2H])cc5)c5ccccc45)cccc23)c([2H])c1[2H]. The molecule has 0 fully saturated rings. The van der Waals surface area contributed by atoms with Crippen molar-refractivity contribution in [2.24, 2.45) is 0 Å². The highest BCUT2D eigenvalue weighted by atomic mass is 16.3. The summed E-state index contributed by atoms with van der Waals surface area (Å²) in [6.07, 6.45) is 0. The second-order valence-electron chi connectivity index (χ2n) is 11.9. The lowest BCUT2D eigenvalue weighted by Crippen LogP contribution is -1.91. The Balaban J connectivity index is 1.19. The predicted octanol–water partition coefficient (Wildman–Crippen LogP) is 13.7. The number of fused-ring (bicyclic) bond motifs is 6. The first-order chi connectivity index (χ1) is 29.3. The van der Waals surface area contributed by atoms with Gasteiger partial charge in [0.1, 0.15) is 11.2 Å². The molecule has 0 unspecified atom stereocenters. The first-order valence-corrected chi connectivity index (χ1v) is 15.9. The Morgan fingerprint density at radius 3 is 1.55 bits per heavy atom. The van der Waals surface area contributed by atoms with Gasteiger partial charge in [-0.2, -0.15) is 0 Å². The summed E-state index contributed by atoms with van der Waals surface area (Å²) in [4.78, 5) is 0. The van der Waals surface area contributed by atoms with Crippen molar-refractivity contribution in [3.05, 3.63) is 182 Å². The van der Waals surface area contributed by atoms with Crippen LogP contribution in [-0.4, -0.2) is 0 Å². The Hall–Kier alpha value is -6.44. The van der Waals surface area contributed by atoms with Crippen LogP contribution >= 0.6 is 0 Å². The summed E-state index contributed by atoms with van der Waals surface area (Å²) in [6, 6.07) is 30.1. The normalized spacial score (nSPS) is 15.1. The number of hydrogen-bond donors (Lipinski definition) is 0. The minimum absolute atomic E-state index is 0.0648. The maximum absolute atomic E-state index is 9.05. The van der Waals surface area contributed by atoms with Crippen LogP contribution in [0.15, 0.2) is 186 Å². The molecule has 1 heteroatoms. The molecule has 1 aromatic heterocycles. The Labute approximate surface area is 301 Å². The molecule has 10 rings (SSSR count). The van der Waals surface area contributed by atoms with E-state index in [-0.39, 0.29) is 52.1 Å². The zero-order chi connectivity index (χ0) is 42.8. The van der Waals surface area contributed by atoms with Gasteiger partial charge in [-0.3, -0.25) is 0 Å². The lowest BCUT2D eigenvalue weighted by atomic mass is 9.85. The first kappa shape index (κ1) is 18.2. The topological polar surface area (TPSA) is 13.1 Å². The summed E-state index contributed by atoms with van der Waals surface area (Å²) in [5, 5.41) is 5.05. The predicted molar refractivity (Wildman–Crippen MR) is 208 cm³/mol. The van der Waals surface area contributed by atoms with Gasteiger partial charge in [0.2, 0.25) is 0 Å². The van der Waals surface area contributed by atoms with Gasteiger partial charge in [-0.1, -0.05) is 176 Å². The number of para-hydroxylation sites is 2. The van der Waals surface area contributed by atoms with Crippen molar-refractivity contribution in [2.45, 2.75) is 0 Å². The van der Waals surface area contributed by atoms with Crippen molar-refractivity contribution in [1.82, 2.24) is 0 Å². The van der Waals surface area contributed by atoms with Crippen LogP contribution < -0.4 is 0 Å². The minimum atomic E-state index is -0.511. The van der Waals surface area contributed by atoms with Crippen molar-refractivity contribution in [3.63, 3.8) is 0 Å². The molecule has 0 saturated heterocycles. The second kappa shape index (κ2) is 11.1. The van der Waals surface area contributed by atoms with E-state index in [0.29, 0.717) is 22.3 Å². The average molecular weight is 635 g/mol. The van der Waals surface area contributed by atoms with Crippen LogP contribution in [0.4, 0.5) is 0 Å². The molecule has 0 bridgehead atoms. The van der Waals surface area contributed by atoms with Crippen LogP contribution in [-0.2, 0) is 0 Å². The zero-order valence-electron chi connectivity index (χ0n) is 37.8. The molecule has 10 aromatic rings. The van der Waals surface area contributed by atoms with Crippen molar-refractivity contribution >= 4 is 54.3 Å². The standard InChI is InChI=1S/C48H30O/c1-2-13-33(14-3-1)37-20-10-21-42-43-22-11-23-44(48(43)49-47(37)42)46-40-18-8-6-16-38(40)45(39-17-7-9-19-41(39)46)34-27-24-32(25-28-34)36-29-26-31-12-4-5-15-35(31)30-36/h1-30H/i1D,2D,3D,4D,5D,12D,13D,14D,15D,26D,29D,30D. The molecule has 0 aliphatic carbocycles. The molecular formula is C48H30O. The van der Waals surface area contributed by atoms with E-state index in [1.165, 1.54) is 0 Å². The maximum atomic E-state index is 9.05. The molecule has 1 nitrogen and oxygen atoms in total. The second-order valence-corrected chi connectivity index (χ2v) is 11.9. The highest BCUT2D eigenvalue weighted by Gasteiger charge is 2.21. The zero-order valence-corrected chi connectivity index (χ0v) is 25.8. The van der Waals surface area contributed by atoms with Crippen molar-refractivity contribution in [1.29, 1.82) is 0 Å². The summed E-state index contributed by atoms with van der Waals surface area (Å²) in [5.74, 6) is 0. The van der Waals surface area contributed by atoms with E-state index >= 15 is 0 Å². The van der Waals surface area contributed by atoms with Crippen LogP contribution in [0.25, 0.3) is 98.8 Å². The van der Waals surface area contributed by atoms with E-state index in [4.69, 9.17) is 20.9 Å². The largest absolute Gasteiger partial charge is 0.455 e. The molecule has 49 heavy (non-hydrogen) atoms. The van der Waals surface area contributed by atoms with E-state index in [1.807, 2.05) is 60.7 Å². The van der Waals surface area contributed by atoms with Crippen LogP contribution in [0.5, 0.6) is 0 Å². The molecule has 0 N–H and O–H groups in total. The molecule has 0 atom stereocenters. The molecular weight excluding hydrogens is 593 g/mol. The quantitative estimate of drug-likeness (QED) is 0.176. The first-order valence-electron chi connectivity index (χ1n) is 21.9. The van der Waals surface area contributed by atoms with Gasteiger partial charge in [-0.05, 0) is 66.2 Å². The van der Waals surface area contributed by atoms with Gasteiger partial charge in [0.15, 0.2) is 0 Å². The molecule has 0 aliphatic rings. The number of benzene rings is 9. The number of rotatable bonds is 4. The van der Waals surface area contributed by atoms with Crippen molar-refractivity contribution < 1.29 is 20.9 Å². The van der Waals surface area contributed by atoms with Gasteiger partial charge < -0.3 is 4.42 Å². The molecule has 0 radical (unpaired) electrons. The van der Waals surface area contributed by atoms with Crippen molar-refractivity contribution in [2.75, 3.05) is 0 Å². The molecule has 1 heterocycles. The van der Waals surface area contributed by atoms with Gasteiger partial charge in [0.25, 0.3) is 0 Å². The maximum Gasteiger partial charge on any atom is 0.143 e. The van der Waals surface area contributed by atoms with E-state index in [1.54, 1.807) is 24.3 Å². The van der Waals surface area contributed by atoms with Gasteiger partial charge in [-0.25, -0.2) is 0 Å². The summed E-state index contributed by atoms with van der Waals surface area (Å²) in [5.41, 5.74) is 5.53. The number of furan rings is 1. The molecule has 228 valence electrons. The highest BCUT2D eigenvalue weighted by molar-refractivity contribution is 6.24. The van der Waals surface area contributed by atoms with Crippen LogP contribution in [0.2, 0.25) is 0 Å². The summed E-state index contributed by atoms with van der Waals surface area (Å²) >= 11 is 0. The smallest absolute Gasteiger partial charge is 0.143 e. The summed E-state index contributed by atoms with van der Waals surface area (Å²) in [6.45, 7) is 0. The fourth-order valence-corrected chi connectivity index (χ4v) is 7.06. The molecule has 0 saturated carbocycles. The lowest BCUT2D eigenvalue weighted by molar-refractivity contribution is 0.671. The third-order valence-electron chi connectivity index (χ3n) is 9.21. The molecule has 0 aliphatic heterocycles. The van der Waals surface area contributed by atoms with E-state index in [0.717, 1.165) is 54.6 Å². The van der Waals surface area contributed by atoms with Crippen LogP contribution in [0, 0.1) is 0 Å². The Bertz CT molecular complexity index is 3470. The Morgan fingerprint density at radius 2 is 0.878 bits per heavy atom. The third-order valence-corrected chi connectivity index (χ3v) is 9.21. The average Bonchev–Trinajstić information content (AvgIpc) is 3.67. The van der Waals surface area contributed by atoms with E-state index in [2.05, 4.69) is 24.3 Å². The van der Waals surface area contributed by atoms with Gasteiger partial charge in [-0.15, -0.1) is 0 Å². The monoisotopic (exact) mass is 634 g/mol. The van der Waals surface area contributed by atoms with Gasteiger partial charge >= 0.3 is 0 Å². The lowest BCUT2D eigenvalue weighted by Gasteiger charge is -2.18. The van der Waals surface area contributed by atoms with Crippen molar-refractivity contribution in [3.8, 4) is 44.5 Å². The van der Waals surface area contributed by atoms with E-state index in [9.17, 15) is 0 Å². The molecule has 0 spiro atoms. The van der Waals surface area contributed by atoms with Crippen LogP contribution in [0.1, 0.15) is 16.4 Å². The fourth-order valence-electron chi connectivity index (χ4n) is 7.06. The molecule has 9 aromatic carbocycles.